The van der Waals surface area contributed by atoms with E-state index in [1.807, 2.05) is 13.8 Å². The molecule has 0 aliphatic carbocycles. The maximum Gasteiger partial charge on any atom is 0.142 e. The van der Waals surface area contributed by atoms with Crippen LogP contribution in [-0.2, 0) is 0 Å². The summed E-state index contributed by atoms with van der Waals surface area (Å²) in [6.07, 6.45) is 1.60. The summed E-state index contributed by atoms with van der Waals surface area (Å²) >= 11 is 5.94. The van der Waals surface area contributed by atoms with Gasteiger partial charge < -0.3 is 20.1 Å². The van der Waals surface area contributed by atoms with Crippen LogP contribution in [0.2, 0.25) is 5.02 Å². The number of hydroxylamine groups is 4. The Morgan fingerprint density at radius 3 is 2.62 bits per heavy atom. The lowest BCUT2D eigenvalue weighted by Crippen LogP contribution is -3.03. The lowest BCUT2D eigenvalue weighted by molar-refractivity contribution is -0.904. The molecule has 1 aromatic carbocycles. The molecule has 0 radical (unpaired) electrons. The quantitative estimate of drug-likeness (QED) is 0.657. The third-order valence-corrected chi connectivity index (χ3v) is 4.14. The number of hydrogen-bond donors (Lipinski definition) is 1. The van der Waals surface area contributed by atoms with Crippen molar-refractivity contribution in [2.45, 2.75) is 13.8 Å². The van der Waals surface area contributed by atoms with Crippen molar-refractivity contribution in [1.82, 2.24) is 4.98 Å². The maximum absolute atomic E-state index is 12.4. The average molecular weight is 310 g/mol. The summed E-state index contributed by atoms with van der Waals surface area (Å²) in [5.74, 6) is 0. The van der Waals surface area contributed by atoms with Crippen molar-refractivity contribution in [2.75, 3.05) is 26.2 Å². The monoisotopic (exact) mass is 309 g/mol. The molecule has 114 valence electrons. The summed E-state index contributed by atoms with van der Waals surface area (Å²) in [5, 5.41) is 26.0. The van der Waals surface area contributed by atoms with Crippen molar-refractivity contribution < 1.29 is 9.71 Å². The molecule has 2 rings (SSSR count). The highest BCUT2D eigenvalue weighted by Gasteiger charge is 2.16. The zero-order valence-electron chi connectivity index (χ0n) is 12.3. The molecule has 0 aliphatic rings. The van der Waals surface area contributed by atoms with Crippen LogP contribution in [0.1, 0.15) is 13.8 Å². The Morgan fingerprint density at radius 1 is 1.24 bits per heavy atom. The predicted molar refractivity (Wildman–Crippen MR) is 85.2 cm³/mol. The van der Waals surface area contributed by atoms with Crippen molar-refractivity contribution in [3.05, 3.63) is 45.9 Å². The van der Waals surface area contributed by atoms with Crippen molar-refractivity contribution in [3.8, 4) is 0 Å². The molecule has 6 heteroatoms. The molecule has 0 saturated carbocycles. The number of aromatic nitrogens is 1. The SMILES string of the molecule is CC[N+]([O-])(CC)CC[NH+]([O-])c1ccnc2cc(Cl)ccc12. The molecule has 0 fully saturated rings. The summed E-state index contributed by atoms with van der Waals surface area (Å²) in [6, 6.07) is 6.99. The van der Waals surface area contributed by atoms with Gasteiger partial charge in [-0.3, -0.25) is 4.98 Å². The van der Waals surface area contributed by atoms with Crippen molar-refractivity contribution in [2.24, 2.45) is 0 Å². The molecule has 1 N–H and O–H groups in total. The number of quaternary nitrogens is 2. The molecule has 0 bridgehead atoms. The molecule has 0 spiro atoms. The van der Waals surface area contributed by atoms with Gasteiger partial charge in [0.15, 0.2) is 0 Å². The smallest absolute Gasteiger partial charge is 0.142 e. The van der Waals surface area contributed by atoms with E-state index in [2.05, 4.69) is 4.98 Å². The highest BCUT2D eigenvalue weighted by molar-refractivity contribution is 6.31. The van der Waals surface area contributed by atoms with Gasteiger partial charge in [-0.2, -0.15) is 0 Å². The van der Waals surface area contributed by atoms with E-state index in [1.54, 1.807) is 30.5 Å². The number of pyridine rings is 1. The van der Waals surface area contributed by atoms with Gasteiger partial charge >= 0.3 is 0 Å². The van der Waals surface area contributed by atoms with Gasteiger partial charge in [0.25, 0.3) is 0 Å². The Kier molecular flexibility index (Phi) is 5.13. The van der Waals surface area contributed by atoms with E-state index in [0.717, 1.165) is 5.39 Å². The van der Waals surface area contributed by atoms with Crippen LogP contribution in [0.15, 0.2) is 30.5 Å². The predicted octanol–water partition coefficient (Wildman–Crippen LogP) is 2.26. The second-order valence-electron chi connectivity index (χ2n) is 5.11. The molecule has 1 atom stereocenters. The van der Waals surface area contributed by atoms with Crippen molar-refractivity contribution in [3.63, 3.8) is 0 Å². The number of hydrogen-bond acceptors (Lipinski definition) is 3. The lowest BCUT2D eigenvalue weighted by atomic mass is 10.2. The minimum Gasteiger partial charge on any atom is -0.633 e. The first-order valence-corrected chi connectivity index (χ1v) is 7.51. The van der Waals surface area contributed by atoms with Gasteiger partial charge in [0, 0.05) is 17.3 Å². The van der Waals surface area contributed by atoms with Crippen LogP contribution < -0.4 is 5.06 Å². The summed E-state index contributed by atoms with van der Waals surface area (Å²) in [4.78, 5) is 4.22. The average Bonchev–Trinajstić information content (AvgIpc) is 2.51. The van der Waals surface area contributed by atoms with Gasteiger partial charge in [-0.1, -0.05) is 11.6 Å². The largest absolute Gasteiger partial charge is 0.633 e. The molecule has 2 aromatic rings. The van der Waals surface area contributed by atoms with Gasteiger partial charge in [-0.25, -0.2) is 0 Å². The van der Waals surface area contributed by atoms with E-state index in [4.69, 9.17) is 11.6 Å². The number of nitrogens with zero attached hydrogens (tertiary/aromatic N) is 2. The fraction of sp³-hybridized carbons (Fsp3) is 0.400. The molecule has 5 nitrogen and oxygen atoms in total. The second-order valence-corrected chi connectivity index (χ2v) is 5.54. The summed E-state index contributed by atoms with van der Waals surface area (Å²) in [5.41, 5.74) is 1.30. The minimum atomic E-state index is -0.333. The van der Waals surface area contributed by atoms with Crippen LogP contribution in [-0.4, -0.2) is 35.8 Å². The standard InChI is InChI=1S/C15H20ClN3O2/c1-3-19(21,4-2)10-9-18(20)15-7-8-17-14-11-12(16)5-6-13(14)15/h5-8,11,18H,3-4,9-10H2,1-2H3. The molecule has 1 heterocycles. The number of likely N-dealkylation sites (N-methyl/N-ethyl adjacent to an activating group) is 1. The van der Waals surface area contributed by atoms with Crippen LogP contribution in [0.4, 0.5) is 5.69 Å². The Balaban J connectivity index is 2.22. The van der Waals surface area contributed by atoms with Crippen molar-refractivity contribution >= 4 is 28.2 Å². The first-order valence-electron chi connectivity index (χ1n) is 7.13. The Morgan fingerprint density at radius 2 is 1.95 bits per heavy atom. The third-order valence-electron chi connectivity index (χ3n) is 3.90. The molecule has 1 unspecified atom stereocenters. The number of halogens is 1. The van der Waals surface area contributed by atoms with Gasteiger partial charge in [0.1, 0.15) is 18.8 Å². The van der Waals surface area contributed by atoms with Crippen LogP contribution in [0, 0.1) is 10.4 Å². The molecule has 0 saturated heterocycles. The van der Waals surface area contributed by atoms with Gasteiger partial charge in [0.05, 0.1) is 24.0 Å². The van der Waals surface area contributed by atoms with E-state index in [9.17, 15) is 10.4 Å². The Bertz CT molecular complexity index is 617. The summed E-state index contributed by atoms with van der Waals surface area (Å²) < 4.78 is -0.333. The van der Waals surface area contributed by atoms with E-state index < -0.39 is 0 Å². The van der Waals surface area contributed by atoms with E-state index in [-0.39, 0.29) is 16.3 Å². The molecule has 0 amide bonds. The zero-order valence-corrected chi connectivity index (χ0v) is 13.1. The maximum atomic E-state index is 12.4. The lowest BCUT2D eigenvalue weighted by Gasteiger charge is -2.41. The Labute approximate surface area is 129 Å². The number of fused-ring (bicyclic) bond motifs is 1. The van der Waals surface area contributed by atoms with Crippen LogP contribution in [0.3, 0.4) is 0 Å². The topological polar surface area (TPSA) is 63.5 Å². The normalized spacial score (nSPS) is 13.6. The van der Waals surface area contributed by atoms with Crippen LogP contribution in [0.25, 0.3) is 10.9 Å². The van der Waals surface area contributed by atoms with E-state index >= 15 is 0 Å². The first kappa shape index (κ1) is 16.1. The fourth-order valence-electron chi connectivity index (χ4n) is 2.34. The molecule has 1 aromatic heterocycles. The summed E-state index contributed by atoms with van der Waals surface area (Å²) in [7, 11) is 0. The second kappa shape index (κ2) is 6.68. The molecular formula is C15H20ClN3O2. The molecule has 0 aliphatic heterocycles. The first-order chi connectivity index (χ1) is 9.99. The van der Waals surface area contributed by atoms with Gasteiger partial charge in [-0.05, 0) is 32.0 Å². The fourth-order valence-corrected chi connectivity index (χ4v) is 2.51. The third kappa shape index (κ3) is 3.70. The zero-order chi connectivity index (χ0) is 15.5. The highest BCUT2D eigenvalue weighted by atomic mass is 35.5. The number of rotatable bonds is 6. The summed E-state index contributed by atoms with van der Waals surface area (Å²) in [6.45, 7) is 5.22. The van der Waals surface area contributed by atoms with Crippen molar-refractivity contribution in [1.29, 1.82) is 0 Å². The number of nitrogens with one attached hydrogen (secondary N) is 1. The minimum absolute atomic E-state index is 0.0232. The molecular weight excluding hydrogens is 290 g/mol. The van der Waals surface area contributed by atoms with E-state index in [0.29, 0.717) is 35.9 Å². The van der Waals surface area contributed by atoms with E-state index in [1.165, 1.54) is 0 Å². The van der Waals surface area contributed by atoms with Gasteiger partial charge in [0.2, 0.25) is 0 Å². The highest BCUT2D eigenvalue weighted by Crippen LogP contribution is 2.21. The van der Waals surface area contributed by atoms with Gasteiger partial charge in [-0.15, -0.1) is 0 Å². The molecule has 21 heavy (non-hydrogen) atoms. The van der Waals surface area contributed by atoms with Crippen LogP contribution in [0.5, 0.6) is 0 Å². The Hall–Kier alpha value is -1.24. The van der Waals surface area contributed by atoms with Crippen LogP contribution >= 0.6 is 11.6 Å². The number of benzene rings is 1.